The van der Waals surface area contributed by atoms with E-state index in [1.54, 1.807) is 48.5 Å². The number of carbonyl (C=O) groups excluding carboxylic acids is 2. The van der Waals surface area contributed by atoms with Crippen molar-refractivity contribution in [2.75, 3.05) is 29.6 Å². The molecule has 0 aliphatic carbocycles. The quantitative estimate of drug-likeness (QED) is 0.285. The summed E-state index contributed by atoms with van der Waals surface area (Å²) in [6.07, 6.45) is 2.44. The Hall–Kier alpha value is -4.38. The van der Waals surface area contributed by atoms with Crippen molar-refractivity contribution in [1.82, 2.24) is 5.43 Å². The number of aryl methyl sites for hydroxylation is 1. The molecule has 3 aromatic rings. The number of ether oxygens (including phenoxy) is 2. The maximum atomic E-state index is 12.7. The van der Waals surface area contributed by atoms with Gasteiger partial charge in [0.25, 0.3) is 11.8 Å². The number of carbonyl (C=O) groups is 2. The third-order valence-electron chi connectivity index (χ3n) is 5.39. The van der Waals surface area contributed by atoms with E-state index in [2.05, 4.69) is 15.8 Å². The molecule has 0 aromatic heterocycles. The molecule has 38 heavy (non-hydrogen) atoms. The lowest BCUT2D eigenvalue weighted by Crippen LogP contribution is -2.46. The minimum atomic E-state index is -3.76. The van der Waals surface area contributed by atoms with Crippen molar-refractivity contribution in [2.24, 2.45) is 5.10 Å². The second-order valence-corrected chi connectivity index (χ2v) is 10.3. The minimum Gasteiger partial charge on any atom is -0.497 e. The molecule has 11 heteroatoms. The molecule has 0 spiro atoms. The Morgan fingerprint density at radius 3 is 2.16 bits per heavy atom. The minimum absolute atomic E-state index is 0.152. The highest BCUT2D eigenvalue weighted by molar-refractivity contribution is 7.92. The Labute approximate surface area is 222 Å². The number of methoxy groups -OCH3 is 1. The van der Waals surface area contributed by atoms with Crippen molar-refractivity contribution < 1.29 is 27.5 Å². The molecule has 200 valence electrons. The van der Waals surface area contributed by atoms with Gasteiger partial charge < -0.3 is 14.8 Å². The van der Waals surface area contributed by atoms with Gasteiger partial charge in [0, 0.05) is 5.69 Å². The van der Waals surface area contributed by atoms with Crippen LogP contribution in [-0.2, 0) is 19.6 Å². The Bertz CT molecular complexity index is 1370. The van der Waals surface area contributed by atoms with Gasteiger partial charge in [0.1, 0.15) is 17.5 Å². The normalized spacial score (nSPS) is 12.0. The number of hydrazone groups is 1. The average molecular weight is 539 g/mol. The van der Waals surface area contributed by atoms with E-state index in [9.17, 15) is 18.0 Å². The third-order valence-corrected chi connectivity index (χ3v) is 6.63. The second-order valence-electron chi connectivity index (χ2n) is 8.44. The summed E-state index contributed by atoms with van der Waals surface area (Å²) in [6, 6.07) is 19.5. The molecule has 0 aliphatic rings. The maximum absolute atomic E-state index is 12.7. The highest BCUT2D eigenvalue weighted by Crippen LogP contribution is 2.23. The summed E-state index contributed by atoms with van der Waals surface area (Å²) in [5, 5.41) is 6.69. The molecule has 0 saturated heterocycles. The van der Waals surface area contributed by atoms with Gasteiger partial charge in [0.2, 0.25) is 10.0 Å². The molecular formula is C27H30N4O6S. The van der Waals surface area contributed by atoms with Crippen LogP contribution in [0.5, 0.6) is 11.5 Å². The zero-order valence-electron chi connectivity index (χ0n) is 21.5. The number of benzene rings is 3. The van der Waals surface area contributed by atoms with Gasteiger partial charge in [-0.05, 0) is 80.1 Å². The number of hydrogen-bond acceptors (Lipinski definition) is 7. The molecule has 0 aliphatic heterocycles. The van der Waals surface area contributed by atoms with Gasteiger partial charge in [-0.1, -0.05) is 17.7 Å². The third kappa shape index (κ3) is 8.07. The lowest BCUT2D eigenvalue weighted by Gasteiger charge is -2.27. The monoisotopic (exact) mass is 538 g/mol. The number of anilines is 2. The lowest BCUT2D eigenvalue weighted by atomic mass is 10.2. The van der Waals surface area contributed by atoms with Crippen LogP contribution in [-0.4, -0.2) is 52.5 Å². The van der Waals surface area contributed by atoms with Crippen LogP contribution in [0.1, 0.15) is 18.1 Å². The Morgan fingerprint density at radius 2 is 1.58 bits per heavy atom. The van der Waals surface area contributed by atoms with Crippen molar-refractivity contribution >= 4 is 39.4 Å². The first-order valence-electron chi connectivity index (χ1n) is 11.6. The highest BCUT2D eigenvalue weighted by atomic mass is 32.2. The standard InChI is InChI=1S/C27H30N4O6S/c1-19-5-9-22(10-6-19)29-26(32)18-37-25-13-7-21(8-14-25)17-28-30-27(33)20(2)31(38(4,34)35)23-11-15-24(36-3)16-12-23/h5-17,20H,18H2,1-4H3,(H,29,32)(H,30,33)/b28-17-/t20-/m0/s1. The predicted molar refractivity (Wildman–Crippen MR) is 147 cm³/mol. The Morgan fingerprint density at radius 1 is 0.974 bits per heavy atom. The van der Waals surface area contributed by atoms with Crippen LogP contribution >= 0.6 is 0 Å². The van der Waals surface area contributed by atoms with E-state index in [1.807, 2.05) is 31.2 Å². The predicted octanol–water partition coefficient (Wildman–Crippen LogP) is 3.33. The van der Waals surface area contributed by atoms with Crippen LogP contribution < -0.4 is 24.5 Å². The number of nitrogens with zero attached hydrogens (tertiary/aromatic N) is 2. The van der Waals surface area contributed by atoms with Crippen LogP contribution in [0.2, 0.25) is 0 Å². The van der Waals surface area contributed by atoms with E-state index >= 15 is 0 Å². The Balaban J connectivity index is 1.53. The van der Waals surface area contributed by atoms with E-state index in [1.165, 1.54) is 20.2 Å². The van der Waals surface area contributed by atoms with E-state index in [-0.39, 0.29) is 12.5 Å². The van der Waals surface area contributed by atoms with Crippen LogP contribution in [0.25, 0.3) is 0 Å². The summed E-state index contributed by atoms with van der Waals surface area (Å²) in [7, 11) is -2.25. The molecule has 10 nitrogen and oxygen atoms in total. The van der Waals surface area contributed by atoms with E-state index < -0.39 is 22.0 Å². The molecule has 2 N–H and O–H groups in total. The van der Waals surface area contributed by atoms with Crippen molar-refractivity contribution in [2.45, 2.75) is 19.9 Å². The summed E-state index contributed by atoms with van der Waals surface area (Å²) in [6.45, 7) is 3.28. The molecule has 0 unspecified atom stereocenters. The van der Waals surface area contributed by atoms with Crippen LogP contribution in [0, 0.1) is 6.92 Å². The van der Waals surface area contributed by atoms with Crippen molar-refractivity contribution in [3.05, 3.63) is 83.9 Å². The zero-order valence-corrected chi connectivity index (χ0v) is 22.4. The average Bonchev–Trinajstić information content (AvgIpc) is 2.89. The van der Waals surface area contributed by atoms with E-state index in [0.717, 1.165) is 16.1 Å². The molecule has 1 atom stereocenters. The fraction of sp³-hybridized carbons (Fsp3) is 0.222. The van der Waals surface area contributed by atoms with E-state index in [0.29, 0.717) is 28.4 Å². The van der Waals surface area contributed by atoms with Gasteiger partial charge in [-0.3, -0.25) is 13.9 Å². The summed E-state index contributed by atoms with van der Waals surface area (Å²) in [5.74, 6) is 0.157. The highest BCUT2D eigenvalue weighted by Gasteiger charge is 2.29. The summed E-state index contributed by atoms with van der Waals surface area (Å²) in [4.78, 5) is 24.7. The molecule has 0 saturated carbocycles. The first-order chi connectivity index (χ1) is 18.1. The van der Waals surface area contributed by atoms with Gasteiger partial charge in [0.05, 0.1) is 25.3 Å². The maximum Gasteiger partial charge on any atom is 0.263 e. The van der Waals surface area contributed by atoms with Crippen molar-refractivity contribution in [3.8, 4) is 11.5 Å². The molecule has 2 amide bonds. The van der Waals surface area contributed by atoms with Gasteiger partial charge >= 0.3 is 0 Å². The Kier molecular flexibility index (Phi) is 9.44. The van der Waals surface area contributed by atoms with Crippen LogP contribution in [0.3, 0.4) is 0 Å². The van der Waals surface area contributed by atoms with Gasteiger partial charge in [-0.25, -0.2) is 13.8 Å². The summed E-state index contributed by atoms with van der Waals surface area (Å²) in [5.41, 5.74) is 5.14. The number of rotatable bonds is 11. The van der Waals surface area contributed by atoms with Gasteiger partial charge in [-0.15, -0.1) is 0 Å². The topological polar surface area (TPSA) is 126 Å². The molecule has 3 aromatic carbocycles. The molecule has 3 rings (SSSR count). The van der Waals surface area contributed by atoms with Gasteiger partial charge in [-0.2, -0.15) is 5.10 Å². The van der Waals surface area contributed by atoms with Gasteiger partial charge in [0.15, 0.2) is 6.61 Å². The number of amides is 2. The number of nitrogens with one attached hydrogen (secondary N) is 2. The summed E-state index contributed by atoms with van der Waals surface area (Å²) < 4.78 is 36.4. The first-order valence-corrected chi connectivity index (χ1v) is 13.5. The van der Waals surface area contributed by atoms with Crippen LogP contribution in [0.4, 0.5) is 11.4 Å². The lowest BCUT2D eigenvalue weighted by molar-refractivity contribution is -0.121. The molecule has 0 radical (unpaired) electrons. The van der Waals surface area contributed by atoms with Crippen LogP contribution in [0.15, 0.2) is 77.9 Å². The fourth-order valence-electron chi connectivity index (χ4n) is 3.43. The molecule has 0 heterocycles. The largest absolute Gasteiger partial charge is 0.497 e. The summed E-state index contributed by atoms with van der Waals surface area (Å²) >= 11 is 0. The first kappa shape index (κ1) is 28.2. The number of sulfonamides is 1. The second kappa shape index (κ2) is 12.7. The number of hydrogen-bond donors (Lipinski definition) is 2. The zero-order chi connectivity index (χ0) is 27.7. The molecular weight excluding hydrogens is 508 g/mol. The molecule has 0 fully saturated rings. The fourth-order valence-corrected chi connectivity index (χ4v) is 4.61. The van der Waals surface area contributed by atoms with Crippen molar-refractivity contribution in [1.29, 1.82) is 0 Å². The van der Waals surface area contributed by atoms with Crippen molar-refractivity contribution in [3.63, 3.8) is 0 Å². The molecule has 0 bridgehead atoms. The van der Waals surface area contributed by atoms with E-state index in [4.69, 9.17) is 9.47 Å². The smallest absolute Gasteiger partial charge is 0.263 e. The SMILES string of the molecule is COc1ccc(N([C@@H](C)C(=O)N/N=C\c2ccc(OCC(=O)Nc3ccc(C)cc3)cc2)S(C)(=O)=O)cc1.